The largest absolute Gasteiger partial charge is 0.356 e. The molecule has 0 aliphatic carbocycles. The highest BCUT2D eigenvalue weighted by Crippen LogP contribution is 2.29. The zero-order chi connectivity index (χ0) is 17.8. The molecule has 0 bridgehead atoms. The van der Waals surface area contributed by atoms with Crippen LogP contribution in [-0.4, -0.2) is 21.0 Å². The number of carbonyl (C=O) groups excluding carboxylic acids is 1. The topological polar surface area (TPSA) is 80.9 Å². The van der Waals surface area contributed by atoms with Crippen LogP contribution in [0.4, 0.5) is 0 Å². The van der Waals surface area contributed by atoms with Crippen LogP contribution in [0, 0.1) is 12.8 Å². The maximum atomic E-state index is 11.7. The van der Waals surface area contributed by atoms with Crippen LogP contribution in [0.15, 0.2) is 47.4 Å². The molecule has 6 heteroatoms. The molecule has 0 spiro atoms. The highest BCUT2D eigenvalue weighted by atomic mass is 16.5. The van der Waals surface area contributed by atoms with E-state index in [1.165, 1.54) is 6.33 Å². The van der Waals surface area contributed by atoms with E-state index in [-0.39, 0.29) is 11.8 Å². The third-order valence-electron chi connectivity index (χ3n) is 3.82. The lowest BCUT2D eigenvalue weighted by molar-refractivity contribution is -0.124. The molecule has 0 fully saturated rings. The summed E-state index contributed by atoms with van der Waals surface area (Å²) in [5.74, 6) is 0.664. The Balaban J connectivity index is 1.82. The van der Waals surface area contributed by atoms with Crippen molar-refractivity contribution >= 4 is 5.91 Å². The number of aromatic nitrogens is 3. The first-order chi connectivity index (χ1) is 12.0. The Hall–Kier alpha value is -3.02. The summed E-state index contributed by atoms with van der Waals surface area (Å²) in [5, 5.41) is 6.84. The van der Waals surface area contributed by atoms with Gasteiger partial charge in [-0.15, -0.1) is 0 Å². The van der Waals surface area contributed by atoms with Crippen LogP contribution in [0.1, 0.15) is 25.1 Å². The van der Waals surface area contributed by atoms with Crippen LogP contribution < -0.4 is 5.32 Å². The first-order valence-corrected chi connectivity index (χ1v) is 8.15. The van der Waals surface area contributed by atoms with Crippen LogP contribution in [0.5, 0.6) is 0 Å². The van der Waals surface area contributed by atoms with E-state index in [9.17, 15) is 4.79 Å². The minimum absolute atomic E-state index is 0.0202. The van der Waals surface area contributed by atoms with Gasteiger partial charge in [0.2, 0.25) is 5.91 Å². The van der Waals surface area contributed by atoms with Gasteiger partial charge in [-0.25, -0.2) is 9.97 Å². The predicted octanol–water partition coefficient (Wildman–Crippen LogP) is 3.38. The fourth-order valence-corrected chi connectivity index (χ4v) is 2.40. The second-order valence-corrected chi connectivity index (χ2v) is 6.19. The van der Waals surface area contributed by atoms with Crippen LogP contribution >= 0.6 is 0 Å². The van der Waals surface area contributed by atoms with Gasteiger partial charge in [0.1, 0.15) is 6.33 Å². The summed E-state index contributed by atoms with van der Waals surface area (Å²) in [6, 6.07) is 9.77. The van der Waals surface area contributed by atoms with Crippen molar-refractivity contribution in [3.8, 4) is 22.6 Å². The normalized spacial score (nSPS) is 10.9. The third kappa shape index (κ3) is 3.91. The van der Waals surface area contributed by atoms with Gasteiger partial charge < -0.3 is 9.84 Å². The standard InChI is InChI=1S/C19H20N4O2/c1-12(2)19(24)21-9-14-4-6-15(7-5-14)18-16(10-20-11-22-18)17-8-13(3)23-25-17/h4-8,10-12H,9H2,1-3H3,(H,21,24). The molecular weight excluding hydrogens is 316 g/mol. The zero-order valence-electron chi connectivity index (χ0n) is 14.5. The van der Waals surface area contributed by atoms with E-state index >= 15 is 0 Å². The van der Waals surface area contributed by atoms with Gasteiger partial charge in [0.25, 0.3) is 0 Å². The smallest absolute Gasteiger partial charge is 0.222 e. The van der Waals surface area contributed by atoms with Gasteiger partial charge in [0, 0.05) is 30.3 Å². The molecule has 3 rings (SSSR count). The SMILES string of the molecule is Cc1cc(-c2cncnc2-c2ccc(CNC(=O)C(C)C)cc2)on1. The van der Waals surface area contributed by atoms with Crippen molar-refractivity contribution in [3.63, 3.8) is 0 Å². The second kappa shape index (κ2) is 7.25. The van der Waals surface area contributed by atoms with Gasteiger partial charge in [-0.2, -0.15) is 0 Å². The van der Waals surface area contributed by atoms with Gasteiger partial charge in [0.05, 0.1) is 17.0 Å². The number of hydrogen-bond acceptors (Lipinski definition) is 5. The Morgan fingerprint density at radius 2 is 2.00 bits per heavy atom. The van der Waals surface area contributed by atoms with Crippen molar-refractivity contribution in [1.82, 2.24) is 20.4 Å². The van der Waals surface area contributed by atoms with Gasteiger partial charge in [-0.1, -0.05) is 43.3 Å². The van der Waals surface area contributed by atoms with E-state index in [4.69, 9.17) is 4.52 Å². The monoisotopic (exact) mass is 336 g/mol. The third-order valence-corrected chi connectivity index (χ3v) is 3.82. The molecule has 0 aliphatic rings. The summed E-state index contributed by atoms with van der Waals surface area (Å²) < 4.78 is 5.35. The van der Waals surface area contributed by atoms with Gasteiger partial charge in [0.15, 0.2) is 5.76 Å². The summed E-state index contributed by atoms with van der Waals surface area (Å²) in [4.78, 5) is 20.1. The molecule has 0 unspecified atom stereocenters. The molecule has 3 aromatic rings. The molecule has 1 aromatic carbocycles. The molecule has 0 radical (unpaired) electrons. The van der Waals surface area contributed by atoms with Gasteiger partial charge >= 0.3 is 0 Å². The van der Waals surface area contributed by atoms with Crippen molar-refractivity contribution in [3.05, 3.63) is 54.1 Å². The minimum Gasteiger partial charge on any atom is -0.356 e. The molecule has 2 heterocycles. The van der Waals surface area contributed by atoms with Crippen LogP contribution in [0.25, 0.3) is 22.6 Å². The van der Waals surface area contributed by atoms with Gasteiger partial charge in [-0.05, 0) is 12.5 Å². The summed E-state index contributed by atoms with van der Waals surface area (Å²) in [6.07, 6.45) is 3.23. The number of aryl methyl sites for hydroxylation is 1. The van der Waals surface area contributed by atoms with Crippen molar-refractivity contribution < 1.29 is 9.32 Å². The quantitative estimate of drug-likeness (QED) is 0.772. The molecule has 0 atom stereocenters. The molecule has 128 valence electrons. The van der Waals surface area contributed by atoms with Crippen molar-refractivity contribution in [1.29, 1.82) is 0 Å². The predicted molar refractivity (Wildman–Crippen MR) is 94.4 cm³/mol. The number of nitrogens with zero attached hydrogens (tertiary/aromatic N) is 3. The Morgan fingerprint density at radius 3 is 2.64 bits per heavy atom. The highest BCUT2D eigenvalue weighted by molar-refractivity contribution is 5.78. The molecule has 25 heavy (non-hydrogen) atoms. The summed E-state index contributed by atoms with van der Waals surface area (Å²) >= 11 is 0. The fraction of sp³-hybridized carbons (Fsp3) is 0.263. The van der Waals surface area contributed by atoms with E-state index in [0.717, 1.165) is 28.1 Å². The van der Waals surface area contributed by atoms with Crippen molar-refractivity contribution in [2.24, 2.45) is 5.92 Å². The average molecular weight is 336 g/mol. The average Bonchev–Trinajstić information content (AvgIpc) is 3.06. The Morgan fingerprint density at radius 1 is 1.24 bits per heavy atom. The summed E-state index contributed by atoms with van der Waals surface area (Å²) in [5.41, 5.74) is 4.36. The molecule has 0 aliphatic heterocycles. The van der Waals surface area contributed by atoms with Crippen LogP contribution in [0.2, 0.25) is 0 Å². The van der Waals surface area contributed by atoms with E-state index < -0.39 is 0 Å². The summed E-state index contributed by atoms with van der Waals surface area (Å²) in [7, 11) is 0. The maximum absolute atomic E-state index is 11.7. The fourth-order valence-electron chi connectivity index (χ4n) is 2.40. The van der Waals surface area contributed by atoms with Crippen molar-refractivity contribution in [2.75, 3.05) is 0 Å². The molecule has 0 saturated heterocycles. The summed E-state index contributed by atoms with van der Waals surface area (Å²) in [6.45, 7) is 6.13. The van der Waals surface area contributed by atoms with Crippen molar-refractivity contribution in [2.45, 2.75) is 27.3 Å². The molecule has 2 aromatic heterocycles. The molecule has 0 saturated carbocycles. The minimum atomic E-state index is -0.0202. The Kier molecular flexibility index (Phi) is 4.88. The Bertz CT molecular complexity index is 869. The number of benzene rings is 1. The lowest BCUT2D eigenvalue weighted by Gasteiger charge is -2.09. The van der Waals surface area contributed by atoms with Gasteiger partial charge in [-0.3, -0.25) is 4.79 Å². The van der Waals surface area contributed by atoms with E-state index in [1.54, 1.807) is 6.20 Å². The zero-order valence-corrected chi connectivity index (χ0v) is 14.5. The number of carbonyl (C=O) groups is 1. The number of hydrogen-bond donors (Lipinski definition) is 1. The second-order valence-electron chi connectivity index (χ2n) is 6.19. The van der Waals surface area contributed by atoms with Crippen LogP contribution in [-0.2, 0) is 11.3 Å². The molecular formula is C19H20N4O2. The van der Waals surface area contributed by atoms with E-state index in [1.807, 2.05) is 51.1 Å². The number of nitrogens with one attached hydrogen (secondary N) is 1. The van der Waals surface area contributed by atoms with Crippen LogP contribution in [0.3, 0.4) is 0 Å². The number of rotatable bonds is 5. The highest BCUT2D eigenvalue weighted by Gasteiger charge is 2.13. The molecule has 1 N–H and O–H groups in total. The molecule has 6 nitrogen and oxygen atoms in total. The van der Waals surface area contributed by atoms with E-state index in [0.29, 0.717) is 12.3 Å². The Labute approximate surface area is 146 Å². The lowest BCUT2D eigenvalue weighted by Crippen LogP contribution is -2.27. The van der Waals surface area contributed by atoms with E-state index in [2.05, 4.69) is 20.4 Å². The maximum Gasteiger partial charge on any atom is 0.222 e. The first-order valence-electron chi connectivity index (χ1n) is 8.15. The number of amides is 1. The lowest BCUT2D eigenvalue weighted by atomic mass is 10.0. The molecule has 1 amide bonds. The first kappa shape index (κ1) is 16.8.